The third-order valence-corrected chi connectivity index (χ3v) is 5.23. The van der Waals surface area contributed by atoms with Crippen LogP contribution in [0.1, 0.15) is 56.9 Å². The maximum atomic E-state index is 10.4. The minimum absolute atomic E-state index is 0.231. The van der Waals surface area contributed by atoms with Crippen LogP contribution in [0.3, 0.4) is 0 Å². The fourth-order valence-corrected chi connectivity index (χ4v) is 4.05. The molecular formula is C21H26O2. The molecule has 0 aromatic heterocycles. The number of para-hydroxylation sites is 1. The Morgan fingerprint density at radius 2 is 1.57 bits per heavy atom. The standard InChI is InChI=1S/C21H26O2/c1-2-6-15-11-13-16(14-12-15)17-8-5-10-20(23)21(17)18-7-3-4-9-19(18)22/h3-5,7-10,15-16,22-23H,2,6,11-14H2,1H3/t15-,16-. The smallest absolute Gasteiger partial charge is 0.123 e. The highest BCUT2D eigenvalue weighted by molar-refractivity contribution is 5.78. The molecule has 0 radical (unpaired) electrons. The summed E-state index contributed by atoms with van der Waals surface area (Å²) >= 11 is 0. The summed E-state index contributed by atoms with van der Waals surface area (Å²) in [7, 11) is 0. The Bertz CT molecular complexity index is 655. The lowest BCUT2D eigenvalue weighted by molar-refractivity contribution is 0.308. The van der Waals surface area contributed by atoms with Crippen LogP contribution in [0.2, 0.25) is 0 Å². The van der Waals surface area contributed by atoms with Crippen molar-refractivity contribution in [2.45, 2.75) is 51.4 Å². The van der Waals surface area contributed by atoms with Gasteiger partial charge in [-0.05, 0) is 55.2 Å². The van der Waals surface area contributed by atoms with Gasteiger partial charge in [-0.2, -0.15) is 0 Å². The summed E-state index contributed by atoms with van der Waals surface area (Å²) in [5, 5.41) is 20.6. The third kappa shape index (κ3) is 3.36. The maximum absolute atomic E-state index is 10.4. The fraction of sp³-hybridized carbons (Fsp3) is 0.429. The molecule has 1 saturated carbocycles. The molecule has 0 unspecified atom stereocenters. The second-order valence-corrected chi connectivity index (χ2v) is 6.76. The number of rotatable bonds is 4. The summed E-state index contributed by atoms with van der Waals surface area (Å²) in [5.74, 6) is 1.83. The zero-order valence-electron chi connectivity index (χ0n) is 13.8. The summed E-state index contributed by atoms with van der Waals surface area (Å²) in [6, 6.07) is 13.0. The van der Waals surface area contributed by atoms with Crippen molar-refractivity contribution in [2.24, 2.45) is 5.92 Å². The molecule has 0 spiro atoms. The van der Waals surface area contributed by atoms with E-state index in [-0.39, 0.29) is 11.5 Å². The Kier molecular flexibility index (Phi) is 4.90. The zero-order valence-corrected chi connectivity index (χ0v) is 13.8. The van der Waals surface area contributed by atoms with Crippen molar-refractivity contribution in [1.29, 1.82) is 0 Å². The van der Waals surface area contributed by atoms with E-state index >= 15 is 0 Å². The normalized spacial score (nSPS) is 21.3. The topological polar surface area (TPSA) is 40.5 Å². The van der Waals surface area contributed by atoms with E-state index in [1.807, 2.05) is 24.3 Å². The second kappa shape index (κ2) is 7.08. The highest BCUT2D eigenvalue weighted by Crippen LogP contribution is 2.45. The van der Waals surface area contributed by atoms with E-state index in [0.29, 0.717) is 5.92 Å². The Morgan fingerprint density at radius 1 is 0.870 bits per heavy atom. The Hall–Kier alpha value is -1.96. The molecule has 0 atom stereocenters. The number of aromatic hydroxyl groups is 2. The van der Waals surface area contributed by atoms with Gasteiger partial charge < -0.3 is 10.2 Å². The molecule has 0 saturated heterocycles. The van der Waals surface area contributed by atoms with Gasteiger partial charge in [-0.25, -0.2) is 0 Å². The van der Waals surface area contributed by atoms with Crippen LogP contribution < -0.4 is 0 Å². The number of benzene rings is 2. The van der Waals surface area contributed by atoms with Gasteiger partial charge in [-0.1, -0.05) is 50.1 Å². The number of hydrogen-bond donors (Lipinski definition) is 2. The maximum Gasteiger partial charge on any atom is 0.123 e. The first-order valence-corrected chi connectivity index (χ1v) is 8.81. The van der Waals surface area contributed by atoms with Gasteiger partial charge in [0.2, 0.25) is 0 Å². The molecule has 0 aliphatic heterocycles. The van der Waals surface area contributed by atoms with Gasteiger partial charge in [0.1, 0.15) is 11.5 Å². The van der Waals surface area contributed by atoms with E-state index in [0.717, 1.165) is 17.0 Å². The molecule has 2 heteroatoms. The third-order valence-electron chi connectivity index (χ3n) is 5.23. The van der Waals surface area contributed by atoms with Crippen LogP contribution in [0.15, 0.2) is 42.5 Å². The van der Waals surface area contributed by atoms with Crippen LogP contribution >= 0.6 is 0 Å². The van der Waals surface area contributed by atoms with E-state index in [2.05, 4.69) is 13.0 Å². The first-order chi connectivity index (χ1) is 11.2. The predicted molar refractivity (Wildman–Crippen MR) is 94.8 cm³/mol. The molecule has 122 valence electrons. The van der Waals surface area contributed by atoms with Crippen molar-refractivity contribution in [1.82, 2.24) is 0 Å². The summed E-state index contributed by atoms with van der Waals surface area (Å²) in [6.07, 6.45) is 7.50. The SMILES string of the molecule is CCC[C@H]1CC[C@H](c2cccc(O)c2-c2ccccc2O)CC1. The van der Waals surface area contributed by atoms with Crippen LogP contribution in [-0.2, 0) is 0 Å². The van der Waals surface area contributed by atoms with E-state index in [1.165, 1.54) is 44.1 Å². The molecule has 1 fully saturated rings. The molecular weight excluding hydrogens is 284 g/mol. The van der Waals surface area contributed by atoms with Crippen LogP contribution in [0.4, 0.5) is 0 Å². The van der Waals surface area contributed by atoms with Gasteiger partial charge in [0.25, 0.3) is 0 Å². The van der Waals surface area contributed by atoms with Crippen molar-refractivity contribution >= 4 is 0 Å². The van der Waals surface area contributed by atoms with Crippen LogP contribution in [0, 0.1) is 5.92 Å². The minimum Gasteiger partial charge on any atom is -0.507 e. The number of hydrogen-bond acceptors (Lipinski definition) is 2. The highest BCUT2D eigenvalue weighted by atomic mass is 16.3. The summed E-state index contributed by atoms with van der Waals surface area (Å²) in [5.41, 5.74) is 2.72. The molecule has 0 heterocycles. The van der Waals surface area contributed by atoms with Gasteiger partial charge >= 0.3 is 0 Å². The predicted octanol–water partition coefficient (Wildman–Crippen LogP) is 5.84. The average Bonchev–Trinajstić information content (AvgIpc) is 2.57. The van der Waals surface area contributed by atoms with Crippen molar-refractivity contribution in [3.05, 3.63) is 48.0 Å². The first-order valence-electron chi connectivity index (χ1n) is 8.81. The first kappa shape index (κ1) is 15.9. The molecule has 2 nitrogen and oxygen atoms in total. The quantitative estimate of drug-likeness (QED) is 0.745. The van der Waals surface area contributed by atoms with Gasteiger partial charge in [-0.3, -0.25) is 0 Å². The minimum atomic E-state index is 0.231. The lowest BCUT2D eigenvalue weighted by atomic mass is 9.75. The number of phenols is 2. The summed E-state index contributed by atoms with van der Waals surface area (Å²) < 4.78 is 0. The molecule has 2 aromatic carbocycles. The molecule has 23 heavy (non-hydrogen) atoms. The summed E-state index contributed by atoms with van der Waals surface area (Å²) in [6.45, 7) is 2.26. The van der Waals surface area contributed by atoms with Crippen LogP contribution in [0.5, 0.6) is 11.5 Å². The van der Waals surface area contributed by atoms with Gasteiger partial charge in [0.15, 0.2) is 0 Å². The van der Waals surface area contributed by atoms with Crippen LogP contribution in [0.25, 0.3) is 11.1 Å². The van der Waals surface area contributed by atoms with Crippen LogP contribution in [-0.4, -0.2) is 10.2 Å². The fourth-order valence-electron chi connectivity index (χ4n) is 4.05. The highest BCUT2D eigenvalue weighted by Gasteiger charge is 2.25. The summed E-state index contributed by atoms with van der Waals surface area (Å²) in [4.78, 5) is 0. The molecule has 1 aliphatic carbocycles. The second-order valence-electron chi connectivity index (χ2n) is 6.76. The lowest BCUT2D eigenvalue weighted by Crippen LogP contribution is -2.14. The van der Waals surface area contributed by atoms with Gasteiger partial charge in [0.05, 0.1) is 0 Å². The molecule has 0 bridgehead atoms. The van der Waals surface area contributed by atoms with E-state index < -0.39 is 0 Å². The Morgan fingerprint density at radius 3 is 2.26 bits per heavy atom. The van der Waals surface area contributed by atoms with Gasteiger partial charge in [0, 0.05) is 11.1 Å². The van der Waals surface area contributed by atoms with E-state index in [9.17, 15) is 10.2 Å². The van der Waals surface area contributed by atoms with Gasteiger partial charge in [-0.15, -0.1) is 0 Å². The molecule has 0 amide bonds. The van der Waals surface area contributed by atoms with Crippen molar-refractivity contribution in [2.75, 3.05) is 0 Å². The van der Waals surface area contributed by atoms with Crippen molar-refractivity contribution < 1.29 is 10.2 Å². The van der Waals surface area contributed by atoms with Crippen molar-refractivity contribution in [3.63, 3.8) is 0 Å². The van der Waals surface area contributed by atoms with E-state index in [1.54, 1.807) is 12.1 Å². The molecule has 1 aliphatic rings. The zero-order chi connectivity index (χ0) is 16.2. The molecule has 3 rings (SSSR count). The Labute approximate surface area is 138 Å². The average molecular weight is 310 g/mol. The lowest BCUT2D eigenvalue weighted by Gasteiger charge is -2.30. The largest absolute Gasteiger partial charge is 0.507 e. The molecule has 2 aromatic rings. The monoisotopic (exact) mass is 310 g/mol. The number of phenolic OH excluding ortho intramolecular Hbond substituents is 2. The Balaban J connectivity index is 1.92. The van der Waals surface area contributed by atoms with Crippen molar-refractivity contribution in [3.8, 4) is 22.6 Å². The molecule has 2 N–H and O–H groups in total. The van der Waals surface area contributed by atoms with E-state index in [4.69, 9.17) is 0 Å².